The van der Waals surface area contributed by atoms with Gasteiger partial charge in [-0.2, -0.15) is 0 Å². The third-order valence-electron chi connectivity index (χ3n) is 4.42. The molecular formula is C25H23FN2O3. The average molecular weight is 418 g/mol. The number of ether oxygens (including phenoxy) is 1. The van der Waals surface area contributed by atoms with Crippen molar-refractivity contribution in [1.29, 1.82) is 0 Å². The fourth-order valence-corrected chi connectivity index (χ4v) is 2.91. The van der Waals surface area contributed by atoms with Crippen LogP contribution < -0.4 is 15.4 Å². The number of anilines is 1. The first-order valence-electron chi connectivity index (χ1n) is 9.80. The molecule has 0 heterocycles. The van der Waals surface area contributed by atoms with E-state index in [1.807, 2.05) is 30.3 Å². The minimum atomic E-state index is -0.458. The number of nitrogens with one attached hydrogen (secondary N) is 2. The van der Waals surface area contributed by atoms with Crippen molar-refractivity contribution in [2.45, 2.75) is 13.0 Å². The van der Waals surface area contributed by atoms with Crippen LogP contribution in [0.15, 0.2) is 84.9 Å². The molecule has 0 spiro atoms. The number of para-hydroxylation sites is 1. The van der Waals surface area contributed by atoms with Crippen LogP contribution in [0.2, 0.25) is 0 Å². The largest absolute Gasteiger partial charge is 0.488 e. The predicted octanol–water partition coefficient (Wildman–Crippen LogP) is 4.73. The fourth-order valence-electron chi connectivity index (χ4n) is 2.91. The second-order valence-electron chi connectivity index (χ2n) is 6.85. The van der Waals surface area contributed by atoms with Gasteiger partial charge in [-0.15, -0.1) is 0 Å². The van der Waals surface area contributed by atoms with Crippen LogP contribution in [-0.4, -0.2) is 18.4 Å². The lowest BCUT2D eigenvalue weighted by molar-refractivity contribution is -0.117. The predicted molar refractivity (Wildman–Crippen MR) is 119 cm³/mol. The summed E-state index contributed by atoms with van der Waals surface area (Å²) in [4.78, 5) is 23.6. The standard InChI is InChI=1S/C25H23FN2O3/c1-18(29)27-21-14-11-19(12-15-21)13-16-25(30)28-23(20-7-3-2-4-8-20)17-31-24-10-6-5-9-22(24)26/h2-16,23H,17H2,1H3,(H,27,29)(H,28,30)/b16-13+. The van der Waals surface area contributed by atoms with Crippen molar-refractivity contribution in [2.24, 2.45) is 0 Å². The summed E-state index contributed by atoms with van der Waals surface area (Å²) in [6, 6.07) is 22.2. The first kappa shape index (κ1) is 21.8. The Hall–Kier alpha value is -3.93. The number of carbonyl (C=O) groups excluding carboxylic acids is 2. The minimum Gasteiger partial charge on any atom is -0.488 e. The molecule has 3 aromatic rings. The number of hydrogen-bond donors (Lipinski definition) is 2. The van der Waals surface area contributed by atoms with Crippen molar-refractivity contribution in [3.05, 3.63) is 102 Å². The van der Waals surface area contributed by atoms with Gasteiger partial charge in [-0.1, -0.05) is 54.6 Å². The molecule has 0 aliphatic heterocycles. The molecule has 0 bridgehead atoms. The van der Waals surface area contributed by atoms with E-state index in [-0.39, 0.29) is 24.2 Å². The Morgan fingerprint density at radius 2 is 1.65 bits per heavy atom. The molecule has 6 heteroatoms. The second-order valence-corrected chi connectivity index (χ2v) is 6.85. The zero-order valence-electron chi connectivity index (χ0n) is 17.0. The Balaban J connectivity index is 1.66. The van der Waals surface area contributed by atoms with Gasteiger partial charge in [0, 0.05) is 18.7 Å². The molecule has 0 saturated heterocycles. The molecule has 0 radical (unpaired) electrons. The third-order valence-corrected chi connectivity index (χ3v) is 4.42. The Labute approximate surface area is 180 Å². The van der Waals surface area contributed by atoms with Gasteiger partial charge >= 0.3 is 0 Å². The highest BCUT2D eigenvalue weighted by atomic mass is 19.1. The van der Waals surface area contributed by atoms with Gasteiger partial charge in [-0.05, 0) is 41.5 Å². The van der Waals surface area contributed by atoms with Gasteiger partial charge in [0.05, 0.1) is 6.04 Å². The molecule has 0 saturated carbocycles. The lowest BCUT2D eigenvalue weighted by atomic mass is 10.1. The van der Waals surface area contributed by atoms with Gasteiger partial charge in [-0.25, -0.2) is 4.39 Å². The van der Waals surface area contributed by atoms with Crippen molar-refractivity contribution in [3.8, 4) is 5.75 Å². The zero-order chi connectivity index (χ0) is 22.1. The summed E-state index contributed by atoms with van der Waals surface area (Å²) < 4.78 is 19.5. The Bertz CT molecular complexity index is 1050. The molecule has 3 aromatic carbocycles. The summed E-state index contributed by atoms with van der Waals surface area (Å²) >= 11 is 0. The van der Waals surface area contributed by atoms with E-state index in [9.17, 15) is 14.0 Å². The molecule has 3 rings (SSSR count). The van der Waals surface area contributed by atoms with Gasteiger partial charge < -0.3 is 15.4 Å². The molecular weight excluding hydrogens is 395 g/mol. The van der Waals surface area contributed by atoms with E-state index in [1.165, 1.54) is 19.1 Å². The Morgan fingerprint density at radius 3 is 2.32 bits per heavy atom. The van der Waals surface area contributed by atoms with Crippen LogP contribution in [0.5, 0.6) is 5.75 Å². The van der Waals surface area contributed by atoms with Crippen molar-refractivity contribution in [2.75, 3.05) is 11.9 Å². The molecule has 0 aliphatic rings. The molecule has 1 atom stereocenters. The molecule has 31 heavy (non-hydrogen) atoms. The highest BCUT2D eigenvalue weighted by Gasteiger charge is 2.15. The molecule has 0 aliphatic carbocycles. The van der Waals surface area contributed by atoms with Crippen LogP contribution in [0.25, 0.3) is 6.08 Å². The number of halogens is 1. The molecule has 2 N–H and O–H groups in total. The zero-order valence-corrected chi connectivity index (χ0v) is 17.0. The van der Waals surface area contributed by atoms with E-state index in [4.69, 9.17) is 4.74 Å². The van der Waals surface area contributed by atoms with Crippen molar-refractivity contribution < 1.29 is 18.7 Å². The number of carbonyl (C=O) groups is 2. The maximum atomic E-state index is 13.9. The van der Waals surface area contributed by atoms with Gasteiger partial charge in [0.15, 0.2) is 11.6 Å². The van der Waals surface area contributed by atoms with E-state index >= 15 is 0 Å². The van der Waals surface area contributed by atoms with Gasteiger partial charge in [-0.3, -0.25) is 9.59 Å². The summed E-state index contributed by atoms with van der Waals surface area (Å²) in [6.07, 6.45) is 3.10. The van der Waals surface area contributed by atoms with E-state index in [0.717, 1.165) is 11.1 Å². The fraction of sp³-hybridized carbons (Fsp3) is 0.120. The monoisotopic (exact) mass is 418 g/mol. The highest BCUT2D eigenvalue weighted by Crippen LogP contribution is 2.19. The quantitative estimate of drug-likeness (QED) is 0.520. The molecule has 5 nitrogen and oxygen atoms in total. The maximum absolute atomic E-state index is 13.9. The molecule has 1 unspecified atom stereocenters. The van der Waals surface area contributed by atoms with Gasteiger partial charge in [0.2, 0.25) is 11.8 Å². The highest BCUT2D eigenvalue weighted by molar-refractivity contribution is 5.92. The van der Waals surface area contributed by atoms with Crippen LogP contribution >= 0.6 is 0 Å². The summed E-state index contributed by atoms with van der Waals surface area (Å²) in [7, 11) is 0. The van der Waals surface area contributed by atoms with Gasteiger partial charge in [0.1, 0.15) is 6.61 Å². The van der Waals surface area contributed by atoms with Crippen LogP contribution in [0, 0.1) is 5.82 Å². The number of rotatable bonds is 8. The molecule has 2 amide bonds. The SMILES string of the molecule is CC(=O)Nc1ccc(/C=C/C(=O)NC(COc2ccccc2F)c2ccccc2)cc1. The first-order valence-corrected chi connectivity index (χ1v) is 9.80. The maximum Gasteiger partial charge on any atom is 0.244 e. The molecule has 158 valence electrons. The first-order chi connectivity index (χ1) is 15.0. The molecule has 0 fully saturated rings. The van der Waals surface area contributed by atoms with E-state index in [0.29, 0.717) is 5.69 Å². The second kappa shape index (κ2) is 10.7. The Morgan fingerprint density at radius 1 is 0.968 bits per heavy atom. The number of benzene rings is 3. The van der Waals surface area contributed by atoms with Crippen molar-refractivity contribution in [1.82, 2.24) is 5.32 Å². The lowest BCUT2D eigenvalue weighted by Gasteiger charge is -2.19. The summed E-state index contributed by atoms with van der Waals surface area (Å²) in [6.45, 7) is 1.52. The molecule has 0 aromatic heterocycles. The number of hydrogen-bond acceptors (Lipinski definition) is 3. The van der Waals surface area contributed by atoms with E-state index in [1.54, 1.807) is 48.5 Å². The van der Waals surface area contributed by atoms with Crippen LogP contribution in [0.1, 0.15) is 24.1 Å². The van der Waals surface area contributed by atoms with Crippen LogP contribution in [0.3, 0.4) is 0 Å². The van der Waals surface area contributed by atoms with Crippen LogP contribution in [0.4, 0.5) is 10.1 Å². The summed E-state index contributed by atoms with van der Waals surface area (Å²) in [5.74, 6) is -0.778. The van der Waals surface area contributed by atoms with Crippen LogP contribution in [-0.2, 0) is 9.59 Å². The van der Waals surface area contributed by atoms with Gasteiger partial charge in [0.25, 0.3) is 0 Å². The smallest absolute Gasteiger partial charge is 0.244 e. The minimum absolute atomic E-state index is 0.0793. The van der Waals surface area contributed by atoms with E-state index < -0.39 is 11.9 Å². The number of amides is 2. The normalized spacial score (nSPS) is 11.7. The Kier molecular flexibility index (Phi) is 7.54. The topological polar surface area (TPSA) is 67.4 Å². The van der Waals surface area contributed by atoms with Crippen molar-refractivity contribution in [3.63, 3.8) is 0 Å². The van der Waals surface area contributed by atoms with E-state index in [2.05, 4.69) is 10.6 Å². The van der Waals surface area contributed by atoms with Crippen molar-refractivity contribution >= 4 is 23.6 Å². The summed E-state index contributed by atoms with van der Waals surface area (Å²) in [5, 5.41) is 5.59. The lowest BCUT2D eigenvalue weighted by Crippen LogP contribution is -2.31. The average Bonchev–Trinajstić information content (AvgIpc) is 2.77. The third kappa shape index (κ3) is 6.82. The summed E-state index contributed by atoms with van der Waals surface area (Å²) in [5.41, 5.74) is 2.34.